The number of aryl methyl sites for hydroxylation is 2. The van der Waals surface area contributed by atoms with Crippen LogP contribution in [0.25, 0.3) is 0 Å². The van der Waals surface area contributed by atoms with Crippen molar-refractivity contribution in [2.75, 3.05) is 19.6 Å². The number of carbonyl (C=O) groups is 1. The van der Waals surface area contributed by atoms with Crippen molar-refractivity contribution in [3.63, 3.8) is 0 Å². The number of rotatable bonds is 4. The van der Waals surface area contributed by atoms with E-state index < -0.39 is 5.60 Å². The summed E-state index contributed by atoms with van der Waals surface area (Å²) in [5, 5.41) is 19.3. The highest BCUT2D eigenvalue weighted by atomic mass is 16.5. The average Bonchev–Trinajstić information content (AvgIpc) is 2.55. The van der Waals surface area contributed by atoms with E-state index in [4.69, 9.17) is 4.52 Å². The summed E-state index contributed by atoms with van der Waals surface area (Å²) in [5.41, 5.74) is 0.775. The third-order valence-electron chi connectivity index (χ3n) is 3.04. The molecule has 94 valence electrons. The van der Waals surface area contributed by atoms with E-state index in [-0.39, 0.29) is 18.9 Å². The van der Waals surface area contributed by atoms with Crippen LogP contribution < -0.4 is 10.6 Å². The van der Waals surface area contributed by atoms with Crippen LogP contribution in [0, 0.1) is 13.8 Å². The van der Waals surface area contributed by atoms with Crippen LogP contribution in [0.3, 0.4) is 0 Å². The van der Waals surface area contributed by atoms with Crippen LogP contribution >= 0.6 is 0 Å². The van der Waals surface area contributed by atoms with Gasteiger partial charge >= 0.3 is 0 Å². The second-order valence-corrected chi connectivity index (χ2v) is 4.58. The molecule has 0 atom stereocenters. The number of β-amino-alcohol motifs (C(OH)–C–C–N with tert-alkyl or cyclic N) is 1. The highest BCUT2D eigenvalue weighted by Crippen LogP contribution is 2.13. The summed E-state index contributed by atoms with van der Waals surface area (Å²) < 4.78 is 4.98. The Morgan fingerprint density at radius 1 is 1.59 bits per heavy atom. The molecule has 0 bridgehead atoms. The SMILES string of the molecule is Cc1noc(C)c1CC(=O)NCC1(O)CNC1. The Morgan fingerprint density at radius 3 is 2.76 bits per heavy atom. The molecular weight excluding hydrogens is 222 g/mol. The summed E-state index contributed by atoms with van der Waals surface area (Å²) in [6.45, 7) is 4.92. The van der Waals surface area contributed by atoms with E-state index in [0.29, 0.717) is 18.8 Å². The lowest BCUT2D eigenvalue weighted by Crippen LogP contribution is -2.64. The molecule has 0 unspecified atom stereocenters. The topological polar surface area (TPSA) is 87.4 Å². The van der Waals surface area contributed by atoms with Crippen molar-refractivity contribution in [3.05, 3.63) is 17.0 Å². The number of hydrogen-bond acceptors (Lipinski definition) is 5. The Hall–Kier alpha value is -1.40. The molecule has 0 aromatic carbocycles. The van der Waals surface area contributed by atoms with Crippen molar-refractivity contribution in [1.29, 1.82) is 0 Å². The van der Waals surface area contributed by atoms with Gasteiger partial charge in [-0.2, -0.15) is 0 Å². The lowest BCUT2D eigenvalue weighted by Gasteiger charge is -2.37. The molecular formula is C11H17N3O3. The average molecular weight is 239 g/mol. The third kappa shape index (κ3) is 2.65. The maximum Gasteiger partial charge on any atom is 0.224 e. The number of aliphatic hydroxyl groups is 1. The summed E-state index contributed by atoms with van der Waals surface area (Å²) >= 11 is 0. The summed E-state index contributed by atoms with van der Waals surface area (Å²) in [5.74, 6) is 0.543. The second kappa shape index (κ2) is 4.46. The summed E-state index contributed by atoms with van der Waals surface area (Å²) in [4.78, 5) is 11.7. The third-order valence-corrected chi connectivity index (χ3v) is 3.04. The van der Waals surface area contributed by atoms with Gasteiger partial charge in [-0.15, -0.1) is 0 Å². The minimum Gasteiger partial charge on any atom is -0.385 e. The van der Waals surface area contributed by atoms with Crippen molar-refractivity contribution >= 4 is 5.91 Å². The van der Waals surface area contributed by atoms with Crippen molar-refractivity contribution < 1.29 is 14.4 Å². The number of amides is 1. The maximum atomic E-state index is 11.7. The summed E-state index contributed by atoms with van der Waals surface area (Å²) in [6, 6.07) is 0. The first-order chi connectivity index (χ1) is 8.00. The number of aromatic nitrogens is 1. The van der Waals surface area contributed by atoms with E-state index >= 15 is 0 Å². The van der Waals surface area contributed by atoms with Crippen LogP contribution in [0.5, 0.6) is 0 Å². The van der Waals surface area contributed by atoms with Crippen LogP contribution in [-0.2, 0) is 11.2 Å². The van der Waals surface area contributed by atoms with Crippen LogP contribution in [0.2, 0.25) is 0 Å². The Labute approximate surface area is 99.4 Å². The molecule has 0 radical (unpaired) electrons. The molecule has 1 aromatic rings. The van der Waals surface area contributed by atoms with Gasteiger partial charge in [-0.1, -0.05) is 5.16 Å². The van der Waals surface area contributed by atoms with Gasteiger partial charge in [0.25, 0.3) is 0 Å². The van der Waals surface area contributed by atoms with Gasteiger partial charge in [0, 0.05) is 25.2 Å². The van der Waals surface area contributed by atoms with Crippen LogP contribution in [0.15, 0.2) is 4.52 Å². The first-order valence-corrected chi connectivity index (χ1v) is 5.62. The molecule has 0 aliphatic carbocycles. The predicted molar refractivity (Wildman–Crippen MR) is 60.5 cm³/mol. The Balaban J connectivity index is 1.85. The first kappa shape index (κ1) is 12.1. The smallest absolute Gasteiger partial charge is 0.224 e. The van der Waals surface area contributed by atoms with E-state index in [9.17, 15) is 9.90 Å². The minimum atomic E-state index is -0.783. The van der Waals surface area contributed by atoms with Crippen molar-refractivity contribution in [2.45, 2.75) is 25.9 Å². The molecule has 0 spiro atoms. The maximum absolute atomic E-state index is 11.7. The molecule has 3 N–H and O–H groups in total. The van der Waals surface area contributed by atoms with Gasteiger partial charge in [-0.3, -0.25) is 4.79 Å². The second-order valence-electron chi connectivity index (χ2n) is 4.58. The lowest BCUT2D eigenvalue weighted by atomic mass is 9.97. The molecule has 2 heterocycles. The molecule has 0 saturated carbocycles. The quantitative estimate of drug-likeness (QED) is 0.645. The Kier molecular flexibility index (Phi) is 3.17. The number of nitrogens with one attached hydrogen (secondary N) is 2. The van der Waals surface area contributed by atoms with Crippen molar-refractivity contribution in [3.8, 4) is 0 Å². The molecule has 1 aliphatic rings. The normalized spacial score (nSPS) is 17.6. The van der Waals surface area contributed by atoms with Crippen molar-refractivity contribution in [1.82, 2.24) is 15.8 Å². The molecule has 6 nitrogen and oxygen atoms in total. The fraction of sp³-hybridized carbons (Fsp3) is 0.636. The van der Waals surface area contributed by atoms with Gasteiger partial charge in [0.15, 0.2) is 0 Å². The van der Waals surface area contributed by atoms with E-state index in [0.717, 1.165) is 11.3 Å². The highest BCUT2D eigenvalue weighted by molar-refractivity contribution is 5.79. The summed E-state index contributed by atoms with van der Waals surface area (Å²) in [7, 11) is 0. The van der Waals surface area contributed by atoms with Crippen LogP contribution in [0.1, 0.15) is 17.0 Å². The fourth-order valence-corrected chi connectivity index (χ4v) is 1.78. The van der Waals surface area contributed by atoms with Gasteiger partial charge in [0.05, 0.1) is 12.1 Å². The Morgan fingerprint density at radius 2 is 2.29 bits per heavy atom. The molecule has 1 amide bonds. The van der Waals surface area contributed by atoms with E-state index in [2.05, 4.69) is 15.8 Å². The van der Waals surface area contributed by atoms with Gasteiger partial charge in [0.2, 0.25) is 5.91 Å². The molecule has 1 fully saturated rings. The fourth-order valence-electron chi connectivity index (χ4n) is 1.78. The zero-order valence-electron chi connectivity index (χ0n) is 10.0. The lowest BCUT2D eigenvalue weighted by molar-refractivity contribution is -0.122. The largest absolute Gasteiger partial charge is 0.385 e. The monoisotopic (exact) mass is 239 g/mol. The first-order valence-electron chi connectivity index (χ1n) is 5.62. The highest BCUT2D eigenvalue weighted by Gasteiger charge is 2.34. The van der Waals surface area contributed by atoms with Gasteiger partial charge in [-0.05, 0) is 13.8 Å². The van der Waals surface area contributed by atoms with Gasteiger partial charge in [-0.25, -0.2) is 0 Å². The molecule has 1 aliphatic heterocycles. The molecule has 1 saturated heterocycles. The molecule has 6 heteroatoms. The van der Waals surface area contributed by atoms with Crippen LogP contribution in [-0.4, -0.2) is 41.4 Å². The van der Waals surface area contributed by atoms with E-state index in [1.54, 1.807) is 6.92 Å². The number of nitrogens with zero attached hydrogens (tertiary/aromatic N) is 1. The predicted octanol–water partition coefficient (Wildman–Crippen LogP) is -0.716. The number of carbonyl (C=O) groups excluding carboxylic acids is 1. The number of hydrogen-bond donors (Lipinski definition) is 3. The van der Waals surface area contributed by atoms with Crippen molar-refractivity contribution in [2.24, 2.45) is 0 Å². The molecule has 1 aromatic heterocycles. The van der Waals surface area contributed by atoms with E-state index in [1.807, 2.05) is 6.92 Å². The zero-order valence-corrected chi connectivity index (χ0v) is 10.0. The minimum absolute atomic E-state index is 0.125. The molecule has 2 rings (SSSR count). The standard InChI is InChI=1S/C11H17N3O3/c1-7-9(8(2)17-14-7)3-10(15)13-6-11(16)4-12-5-11/h12,16H,3-6H2,1-2H3,(H,13,15). The zero-order chi connectivity index (χ0) is 12.5. The molecule has 17 heavy (non-hydrogen) atoms. The Bertz CT molecular complexity index is 404. The van der Waals surface area contributed by atoms with Crippen LogP contribution in [0.4, 0.5) is 0 Å². The van der Waals surface area contributed by atoms with Gasteiger partial charge < -0.3 is 20.3 Å². The van der Waals surface area contributed by atoms with Gasteiger partial charge in [0.1, 0.15) is 11.4 Å². The summed E-state index contributed by atoms with van der Waals surface area (Å²) in [6.07, 6.45) is 0.241. The van der Waals surface area contributed by atoms with E-state index in [1.165, 1.54) is 0 Å².